The predicted molar refractivity (Wildman–Crippen MR) is 135 cm³/mol. The number of fused-ring (bicyclic) bond motifs is 1. The fourth-order valence-corrected chi connectivity index (χ4v) is 5.41. The van der Waals surface area contributed by atoms with Crippen LogP contribution in [0.15, 0.2) is 17.0 Å². The smallest absolute Gasteiger partial charge is 0.411 e. The molecule has 0 aromatic carbocycles. The molecule has 13 heteroatoms. The van der Waals surface area contributed by atoms with Crippen LogP contribution in [0.1, 0.15) is 86.1 Å². The molecular weight excluding hydrogens is 504 g/mol. The summed E-state index contributed by atoms with van der Waals surface area (Å²) >= 11 is 0. The second-order valence-electron chi connectivity index (χ2n) is 11.8. The summed E-state index contributed by atoms with van der Waals surface area (Å²) in [5, 5.41) is 15.3. The Kier molecular flexibility index (Phi) is 6.48. The average Bonchev–Trinajstić information content (AvgIpc) is 3.82. The van der Waals surface area contributed by atoms with E-state index >= 15 is 0 Å². The molecule has 2 amide bonds. The van der Waals surface area contributed by atoms with E-state index in [2.05, 4.69) is 20.7 Å². The Morgan fingerprint density at radius 3 is 2.51 bits per heavy atom. The van der Waals surface area contributed by atoms with Crippen molar-refractivity contribution in [3.63, 3.8) is 0 Å². The zero-order chi connectivity index (χ0) is 27.3. The fraction of sp³-hybridized carbons (Fsp3) is 0.654. The Bertz CT molecular complexity index is 1360. The molecule has 0 spiro atoms. The summed E-state index contributed by atoms with van der Waals surface area (Å²) in [6.07, 6.45) is 7.63. The highest BCUT2D eigenvalue weighted by Crippen LogP contribution is 2.54. The molecule has 3 aromatic rings. The summed E-state index contributed by atoms with van der Waals surface area (Å²) in [6, 6.07) is -0.771. The number of carbonyl (C=O) groups is 2. The summed E-state index contributed by atoms with van der Waals surface area (Å²) in [7, 11) is 0. The molecule has 2 saturated carbocycles. The minimum Gasteiger partial charge on any atom is -0.444 e. The molecule has 1 aliphatic heterocycles. The Balaban J connectivity index is 1.30. The second kappa shape index (κ2) is 9.85. The fourth-order valence-electron chi connectivity index (χ4n) is 5.41. The number of hydrogen-bond donors (Lipinski definition) is 1. The van der Waals surface area contributed by atoms with E-state index in [1.54, 1.807) is 22.5 Å². The van der Waals surface area contributed by atoms with Crippen LogP contribution in [0.4, 0.5) is 4.79 Å². The van der Waals surface area contributed by atoms with Gasteiger partial charge in [0.15, 0.2) is 5.69 Å². The maximum Gasteiger partial charge on any atom is 0.411 e. The van der Waals surface area contributed by atoms with E-state index < -0.39 is 17.7 Å². The van der Waals surface area contributed by atoms with Crippen molar-refractivity contribution in [1.82, 2.24) is 40.1 Å². The normalized spacial score (nSPS) is 20.8. The first-order valence-electron chi connectivity index (χ1n) is 13.6. The van der Waals surface area contributed by atoms with Crippen LogP contribution in [0.25, 0.3) is 5.78 Å². The van der Waals surface area contributed by atoms with E-state index in [-0.39, 0.29) is 30.2 Å². The van der Waals surface area contributed by atoms with Crippen LogP contribution >= 0.6 is 0 Å². The van der Waals surface area contributed by atoms with Crippen LogP contribution in [-0.2, 0) is 9.47 Å². The predicted octanol–water partition coefficient (Wildman–Crippen LogP) is 3.03. The van der Waals surface area contributed by atoms with Gasteiger partial charge in [-0.25, -0.2) is 23.9 Å². The maximum absolute atomic E-state index is 13.2. The number of aryl methyl sites for hydroxylation is 1. The number of nitrogens with zero attached hydrogens (tertiary/aromatic N) is 7. The van der Waals surface area contributed by atoms with Crippen LogP contribution in [0.3, 0.4) is 0 Å². The molecule has 3 aromatic heterocycles. The molecule has 0 radical (unpaired) electrons. The van der Waals surface area contributed by atoms with Crippen LogP contribution in [0.2, 0.25) is 0 Å². The molecule has 13 nitrogen and oxygen atoms in total. The molecule has 3 fully saturated rings. The van der Waals surface area contributed by atoms with E-state index in [1.807, 2.05) is 27.0 Å². The standard InChI is InChI=1S/C26H34N8O5/c1-14-21(32-39-31-14)23(35)30-22(20(15-5-6-15)16-7-8-16)18-12-34-24(29-18)28-17(11-27-34)19-13-37-10-9-33(19)25(36)38-26(2,3)4/h11-12,15-16,19-20,22H,5-10,13H2,1-4H3,(H,30,35)/t19?,22-/m1/s1. The van der Waals surface area contributed by atoms with Crippen molar-refractivity contribution in [2.45, 2.75) is 71.1 Å². The lowest BCUT2D eigenvalue weighted by molar-refractivity contribution is -0.0341. The van der Waals surface area contributed by atoms with E-state index in [0.29, 0.717) is 47.8 Å². The largest absolute Gasteiger partial charge is 0.444 e. The van der Waals surface area contributed by atoms with Gasteiger partial charge in [-0.05, 0) is 76.3 Å². The lowest BCUT2D eigenvalue weighted by atomic mass is 9.87. The molecule has 4 heterocycles. The number of imidazole rings is 1. The molecule has 2 aliphatic carbocycles. The molecule has 1 unspecified atom stereocenters. The van der Waals surface area contributed by atoms with Gasteiger partial charge in [0.2, 0.25) is 0 Å². The third kappa shape index (κ3) is 5.45. The number of carbonyl (C=O) groups excluding carboxylic acids is 2. The Labute approximate surface area is 225 Å². The van der Waals surface area contributed by atoms with Crippen molar-refractivity contribution < 1.29 is 23.7 Å². The summed E-state index contributed by atoms with van der Waals surface area (Å²) in [4.78, 5) is 37.3. The third-order valence-electron chi connectivity index (χ3n) is 7.52. The van der Waals surface area contributed by atoms with Gasteiger partial charge in [0.25, 0.3) is 11.7 Å². The minimum atomic E-state index is -0.618. The second-order valence-corrected chi connectivity index (χ2v) is 11.8. The van der Waals surface area contributed by atoms with Crippen LogP contribution in [0, 0.1) is 24.7 Å². The maximum atomic E-state index is 13.2. The first-order valence-corrected chi connectivity index (χ1v) is 13.6. The van der Waals surface area contributed by atoms with Gasteiger partial charge in [-0.1, -0.05) is 5.16 Å². The van der Waals surface area contributed by atoms with Gasteiger partial charge in [-0.2, -0.15) is 5.10 Å². The highest BCUT2D eigenvalue weighted by atomic mass is 16.6. The summed E-state index contributed by atoms with van der Waals surface area (Å²) in [6.45, 7) is 8.30. The Morgan fingerprint density at radius 2 is 1.87 bits per heavy atom. The van der Waals surface area contributed by atoms with Crippen molar-refractivity contribution in [3.8, 4) is 0 Å². The number of nitrogens with one attached hydrogen (secondary N) is 1. The quantitative estimate of drug-likeness (QED) is 0.475. The van der Waals surface area contributed by atoms with Crippen molar-refractivity contribution in [1.29, 1.82) is 0 Å². The number of ether oxygens (including phenoxy) is 2. The lowest BCUT2D eigenvalue weighted by Gasteiger charge is -2.36. The first kappa shape index (κ1) is 25.7. The van der Waals surface area contributed by atoms with E-state index in [9.17, 15) is 9.59 Å². The van der Waals surface area contributed by atoms with Gasteiger partial charge in [-0.15, -0.1) is 0 Å². The van der Waals surface area contributed by atoms with Crippen molar-refractivity contribution in [3.05, 3.63) is 35.2 Å². The molecule has 2 atom stereocenters. The van der Waals surface area contributed by atoms with E-state index in [4.69, 9.17) is 24.1 Å². The number of rotatable bonds is 7. The van der Waals surface area contributed by atoms with Gasteiger partial charge >= 0.3 is 6.09 Å². The average molecular weight is 539 g/mol. The number of morpholine rings is 1. The highest BCUT2D eigenvalue weighted by Gasteiger charge is 2.47. The summed E-state index contributed by atoms with van der Waals surface area (Å²) in [5.41, 5.74) is 1.26. The number of aromatic nitrogens is 6. The zero-order valence-electron chi connectivity index (χ0n) is 22.7. The molecule has 3 aliphatic rings. The van der Waals surface area contributed by atoms with Crippen molar-refractivity contribution in [2.24, 2.45) is 17.8 Å². The van der Waals surface area contributed by atoms with Gasteiger partial charge in [0.05, 0.1) is 43.0 Å². The molecule has 6 rings (SSSR count). The zero-order valence-corrected chi connectivity index (χ0v) is 22.7. The van der Waals surface area contributed by atoms with Crippen LogP contribution < -0.4 is 5.32 Å². The molecule has 208 valence electrons. The molecule has 1 N–H and O–H groups in total. The van der Waals surface area contributed by atoms with Crippen molar-refractivity contribution >= 4 is 17.8 Å². The highest BCUT2D eigenvalue weighted by molar-refractivity contribution is 5.93. The van der Waals surface area contributed by atoms with Gasteiger partial charge in [0, 0.05) is 6.54 Å². The summed E-state index contributed by atoms with van der Waals surface area (Å²) in [5.74, 6) is 1.41. The molecule has 0 bridgehead atoms. The summed E-state index contributed by atoms with van der Waals surface area (Å²) < 4.78 is 17.7. The Hall–Kier alpha value is -3.61. The van der Waals surface area contributed by atoms with E-state index in [1.165, 1.54) is 0 Å². The third-order valence-corrected chi connectivity index (χ3v) is 7.52. The Morgan fingerprint density at radius 1 is 1.13 bits per heavy atom. The first-order chi connectivity index (χ1) is 18.7. The van der Waals surface area contributed by atoms with Crippen molar-refractivity contribution in [2.75, 3.05) is 19.8 Å². The van der Waals surface area contributed by atoms with Gasteiger partial charge in [0.1, 0.15) is 17.3 Å². The monoisotopic (exact) mass is 538 g/mol. The number of amides is 2. The van der Waals surface area contributed by atoms with E-state index in [0.717, 1.165) is 25.7 Å². The topological polar surface area (TPSA) is 150 Å². The SMILES string of the molecule is Cc1nonc1C(=O)N[C@H](c1cn2ncc(C3COCCN3C(=O)OC(C)(C)C)nc2n1)C(C1CC1)C1CC1. The number of hydrogen-bond acceptors (Lipinski definition) is 10. The van der Waals surface area contributed by atoms with Crippen LogP contribution in [0.5, 0.6) is 0 Å². The molecular formula is C26H34N8O5. The molecule has 39 heavy (non-hydrogen) atoms. The lowest BCUT2D eigenvalue weighted by Crippen LogP contribution is -2.46. The van der Waals surface area contributed by atoms with Crippen LogP contribution in [-0.4, -0.2) is 72.2 Å². The minimum absolute atomic E-state index is 0.173. The molecule has 1 saturated heterocycles. The van der Waals surface area contributed by atoms with Gasteiger partial charge in [-0.3, -0.25) is 9.69 Å². The van der Waals surface area contributed by atoms with Gasteiger partial charge < -0.3 is 14.8 Å².